The highest BCUT2D eigenvalue weighted by Gasteiger charge is 2.15. The minimum Gasteiger partial charge on any atom is -0.349 e. The molecule has 1 N–H and O–H groups in total. The number of carbonyl (C=O) groups excluding carboxylic acids is 1. The molecule has 1 amide bonds. The summed E-state index contributed by atoms with van der Waals surface area (Å²) in [5, 5.41) is 11.5. The van der Waals surface area contributed by atoms with Crippen molar-refractivity contribution in [2.45, 2.75) is 65.0 Å². The lowest BCUT2D eigenvalue weighted by molar-refractivity contribution is -0.121. The molecule has 0 spiro atoms. The molecule has 0 saturated heterocycles. The van der Waals surface area contributed by atoms with Gasteiger partial charge in [-0.25, -0.2) is 0 Å². The Morgan fingerprint density at radius 1 is 1.12 bits per heavy atom. The number of aromatic nitrogens is 3. The molecule has 3 rings (SSSR count). The van der Waals surface area contributed by atoms with E-state index in [1.54, 1.807) is 0 Å². The van der Waals surface area contributed by atoms with Crippen molar-refractivity contribution < 1.29 is 4.79 Å². The molecular formula is C19H26N4O. The molecule has 1 aliphatic rings. The van der Waals surface area contributed by atoms with Crippen molar-refractivity contribution in [2.24, 2.45) is 0 Å². The van der Waals surface area contributed by atoms with Gasteiger partial charge in [0.15, 0.2) is 5.82 Å². The lowest BCUT2D eigenvalue weighted by Gasteiger charge is -2.08. The van der Waals surface area contributed by atoms with E-state index < -0.39 is 0 Å². The predicted molar refractivity (Wildman–Crippen MR) is 93.6 cm³/mol. The third-order valence-corrected chi connectivity index (χ3v) is 4.70. The Morgan fingerprint density at radius 2 is 1.92 bits per heavy atom. The summed E-state index contributed by atoms with van der Waals surface area (Å²) >= 11 is 0. The van der Waals surface area contributed by atoms with Gasteiger partial charge in [-0.2, -0.15) is 0 Å². The Kier molecular flexibility index (Phi) is 5.62. The summed E-state index contributed by atoms with van der Waals surface area (Å²) < 4.78 is 2.18. The largest absolute Gasteiger partial charge is 0.349 e. The number of nitrogens with zero attached hydrogens (tertiary/aromatic N) is 3. The van der Waals surface area contributed by atoms with E-state index in [0.29, 0.717) is 13.0 Å². The number of amides is 1. The number of benzene rings is 1. The molecule has 5 nitrogen and oxygen atoms in total. The zero-order valence-electron chi connectivity index (χ0n) is 14.4. The molecule has 1 aromatic carbocycles. The van der Waals surface area contributed by atoms with E-state index in [4.69, 9.17) is 0 Å². The van der Waals surface area contributed by atoms with E-state index in [0.717, 1.165) is 37.5 Å². The average molecular weight is 326 g/mol. The van der Waals surface area contributed by atoms with E-state index >= 15 is 0 Å². The number of hydrogen-bond acceptors (Lipinski definition) is 3. The van der Waals surface area contributed by atoms with Crippen LogP contribution in [0.1, 0.15) is 55.4 Å². The smallest absolute Gasteiger partial charge is 0.220 e. The maximum absolute atomic E-state index is 12.1. The second-order valence-electron chi connectivity index (χ2n) is 6.44. The van der Waals surface area contributed by atoms with Gasteiger partial charge in [0.1, 0.15) is 5.82 Å². The summed E-state index contributed by atoms with van der Waals surface area (Å²) in [4.78, 5) is 12.1. The van der Waals surface area contributed by atoms with Crippen molar-refractivity contribution >= 4 is 5.91 Å². The lowest BCUT2D eigenvalue weighted by atomic mass is 10.1. The quantitative estimate of drug-likeness (QED) is 0.888. The number of carbonyl (C=O) groups is 1. The summed E-state index contributed by atoms with van der Waals surface area (Å²) in [6, 6.07) is 8.51. The van der Waals surface area contributed by atoms with Crippen molar-refractivity contribution in [3.8, 4) is 0 Å². The first-order valence-corrected chi connectivity index (χ1v) is 9.01. The molecule has 128 valence electrons. The van der Waals surface area contributed by atoms with Crippen LogP contribution in [-0.2, 0) is 37.1 Å². The van der Waals surface area contributed by atoms with Crippen LogP contribution in [0.2, 0.25) is 0 Å². The summed E-state index contributed by atoms with van der Waals surface area (Å²) in [6.07, 6.45) is 6.91. The van der Waals surface area contributed by atoms with Gasteiger partial charge in [0, 0.05) is 19.4 Å². The van der Waals surface area contributed by atoms with Crippen molar-refractivity contribution in [1.29, 1.82) is 0 Å². The summed E-state index contributed by atoms with van der Waals surface area (Å²) in [5.74, 6) is 2.01. The van der Waals surface area contributed by atoms with Gasteiger partial charge in [0.05, 0.1) is 6.54 Å². The fourth-order valence-corrected chi connectivity index (χ4v) is 3.14. The summed E-state index contributed by atoms with van der Waals surface area (Å²) in [7, 11) is 0. The molecule has 0 atom stereocenters. The maximum atomic E-state index is 12.1. The van der Waals surface area contributed by atoms with Gasteiger partial charge < -0.3 is 9.88 Å². The topological polar surface area (TPSA) is 59.8 Å². The van der Waals surface area contributed by atoms with Crippen LogP contribution < -0.4 is 5.32 Å². The maximum Gasteiger partial charge on any atom is 0.220 e. The van der Waals surface area contributed by atoms with Crippen molar-refractivity contribution in [3.63, 3.8) is 0 Å². The Bertz CT molecular complexity index is 675. The average Bonchev–Trinajstić information content (AvgIpc) is 2.85. The van der Waals surface area contributed by atoms with Crippen LogP contribution >= 0.6 is 0 Å². The van der Waals surface area contributed by atoms with Gasteiger partial charge in [-0.05, 0) is 36.8 Å². The normalized spacial score (nSPS) is 14.0. The summed E-state index contributed by atoms with van der Waals surface area (Å²) in [5.41, 5.74) is 2.54. The van der Waals surface area contributed by atoms with Gasteiger partial charge in [-0.3, -0.25) is 4.79 Å². The van der Waals surface area contributed by atoms with Gasteiger partial charge >= 0.3 is 0 Å². The molecule has 0 radical (unpaired) electrons. The molecule has 2 aromatic rings. The molecule has 0 unspecified atom stereocenters. The molecule has 0 bridgehead atoms. The molecule has 1 aromatic heterocycles. The SMILES string of the molecule is CCc1ccc(CCC(=O)NCc2nnc3n2CCCCC3)cc1. The Labute approximate surface area is 143 Å². The third kappa shape index (κ3) is 4.22. The second kappa shape index (κ2) is 8.08. The van der Waals surface area contributed by atoms with Crippen LogP contribution in [0.5, 0.6) is 0 Å². The number of fused-ring (bicyclic) bond motifs is 1. The van der Waals surface area contributed by atoms with Gasteiger partial charge in [-0.1, -0.05) is 37.6 Å². The number of hydrogen-bond donors (Lipinski definition) is 1. The zero-order chi connectivity index (χ0) is 16.8. The molecule has 0 fully saturated rings. The fraction of sp³-hybridized carbons (Fsp3) is 0.526. The number of rotatable bonds is 6. The van der Waals surface area contributed by atoms with Crippen molar-refractivity contribution in [3.05, 3.63) is 47.0 Å². The highest BCUT2D eigenvalue weighted by molar-refractivity contribution is 5.76. The van der Waals surface area contributed by atoms with E-state index in [2.05, 4.69) is 51.3 Å². The number of aryl methyl sites for hydroxylation is 3. The van der Waals surface area contributed by atoms with Crippen LogP contribution in [0.4, 0.5) is 0 Å². The van der Waals surface area contributed by atoms with Crippen LogP contribution in [0.15, 0.2) is 24.3 Å². The fourth-order valence-electron chi connectivity index (χ4n) is 3.14. The van der Waals surface area contributed by atoms with Crippen LogP contribution in [0.25, 0.3) is 0 Å². The Balaban J connectivity index is 1.48. The lowest BCUT2D eigenvalue weighted by Crippen LogP contribution is -2.25. The van der Waals surface area contributed by atoms with E-state index in [9.17, 15) is 4.79 Å². The van der Waals surface area contributed by atoms with Gasteiger partial charge in [-0.15, -0.1) is 10.2 Å². The van der Waals surface area contributed by atoms with E-state index in [1.165, 1.54) is 30.4 Å². The first-order valence-electron chi connectivity index (χ1n) is 9.01. The monoisotopic (exact) mass is 326 g/mol. The minimum absolute atomic E-state index is 0.0699. The molecule has 1 aliphatic heterocycles. The Hall–Kier alpha value is -2.17. The van der Waals surface area contributed by atoms with Crippen molar-refractivity contribution in [1.82, 2.24) is 20.1 Å². The van der Waals surface area contributed by atoms with Gasteiger partial charge in [0.2, 0.25) is 5.91 Å². The van der Waals surface area contributed by atoms with Crippen LogP contribution in [-0.4, -0.2) is 20.7 Å². The van der Waals surface area contributed by atoms with Crippen LogP contribution in [0.3, 0.4) is 0 Å². The predicted octanol–water partition coefficient (Wildman–Crippen LogP) is 2.82. The first kappa shape index (κ1) is 16.7. The highest BCUT2D eigenvalue weighted by atomic mass is 16.1. The second-order valence-corrected chi connectivity index (χ2v) is 6.44. The minimum atomic E-state index is 0.0699. The standard InChI is InChI=1S/C19H26N4O/c1-2-15-7-9-16(10-8-15)11-12-19(24)20-14-18-22-21-17-6-4-3-5-13-23(17)18/h7-10H,2-6,11-14H2,1H3,(H,20,24). The molecule has 2 heterocycles. The van der Waals surface area contributed by atoms with Crippen molar-refractivity contribution in [2.75, 3.05) is 0 Å². The molecule has 5 heteroatoms. The third-order valence-electron chi connectivity index (χ3n) is 4.70. The highest BCUT2D eigenvalue weighted by Crippen LogP contribution is 2.14. The molecule has 0 saturated carbocycles. The number of nitrogens with one attached hydrogen (secondary N) is 1. The zero-order valence-corrected chi connectivity index (χ0v) is 14.4. The molecule has 24 heavy (non-hydrogen) atoms. The summed E-state index contributed by atoms with van der Waals surface area (Å²) in [6.45, 7) is 3.59. The first-order chi connectivity index (χ1) is 11.8. The van der Waals surface area contributed by atoms with E-state index in [-0.39, 0.29) is 5.91 Å². The van der Waals surface area contributed by atoms with Crippen LogP contribution in [0, 0.1) is 0 Å². The Morgan fingerprint density at radius 3 is 2.71 bits per heavy atom. The van der Waals surface area contributed by atoms with Gasteiger partial charge in [0.25, 0.3) is 0 Å². The molecule has 0 aliphatic carbocycles. The van der Waals surface area contributed by atoms with E-state index in [1.807, 2.05) is 0 Å². The molecular weight excluding hydrogens is 300 g/mol.